The Balaban J connectivity index is 2.15. The first-order valence-corrected chi connectivity index (χ1v) is 6.23. The predicted molar refractivity (Wildman–Crippen MR) is 74.2 cm³/mol. The van der Waals surface area contributed by atoms with E-state index in [9.17, 15) is 5.11 Å². The van der Waals surface area contributed by atoms with Gasteiger partial charge in [-0.05, 0) is 24.6 Å². The lowest BCUT2D eigenvalue weighted by molar-refractivity contribution is 0.200. The topological polar surface area (TPSA) is 23.1 Å². The number of benzene rings is 2. The van der Waals surface area contributed by atoms with Crippen molar-refractivity contribution in [1.29, 1.82) is 0 Å². The molecule has 0 saturated heterocycles. The molecule has 0 fully saturated rings. The molecule has 1 radical (unpaired) electrons. The van der Waals surface area contributed by atoms with E-state index in [0.29, 0.717) is 6.54 Å². The second-order valence-electron chi connectivity index (χ2n) is 4.45. The first-order chi connectivity index (χ1) is 8.79. The van der Waals surface area contributed by atoms with Crippen LogP contribution < -0.4 is 4.90 Å². The highest BCUT2D eigenvalue weighted by Crippen LogP contribution is 2.17. The van der Waals surface area contributed by atoms with Crippen LogP contribution in [0.25, 0.3) is 0 Å². The molecular formula is C16H18NO. The van der Waals surface area contributed by atoms with Gasteiger partial charge in [0.2, 0.25) is 0 Å². The molecule has 0 heterocycles. The summed E-state index contributed by atoms with van der Waals surface area (Å²) in [6.45, 7) is 3.31. The lowest BCUT2D eigenvalue weighted by atomic mass is 10.1. The largest absolute Gasteiger partial charge is 0.365 e. The maximum atomic E-state index is 10.9. The molecule has 0 spiro atoms. The van der Waals surface area contributed by atoms with Crippen LogP contribution in [0.4, 0.5) is 5.69 Å². The Morgan fingerprint density at radius 2 is 1.61 bits per heavy atom. The van der Waals surface area contributed by atoms with Crippen molar-refractivity contribution in [2.75, 3.05) is 18.1 Å². The quantitative estimate of drug-likeness (QED) is 0.785. The highest BCUT2D eigenvalue weighted by molar-refractivity contribution is 5.48. The molecular weight excluding hydrogens is 222 g/mol. The zero-order chi connectivity index (χ0) is 12.8. The maximum Gasteiger partial charge on any atom is 0.0997 e. The van der Waals surface area contributed by atoms with Gasteiger partial charge in [0.15, 0.2) is 0 Å². The molecule has 0 aromatic heterocycles. The predicted octanol–water partition coefficient (Wildman–Crippen LogP) is 3.43. The average Bonchev–Trinajstić information content (AvgIpc) is 2.40. The van der Waals surface area contributed by atoms with E-state index in [2.05, 4.69) is 48.2 Å². The lowest BCUT2D eigenvalue weighted by Crippen LogP contribution is -2.25. The van der Waals surface area contributed by atoms with Crippen molar-refractivity contribution in [3.05, 3.63) is 65.7 Å². The number of anilines is 1. The van der Waals surface area contributed by atoms with E-state index in [1.807, 2.05) is 18.2 Å². The molecule has 0 atom stereocenters. The number of hydrogen-bond donors (Lipinski definition) is 0. The van der Waals surface area contributed by atoms with Gasteiger partial charge >= 0.3 is 0 Å². The summed E-state index contributed by atoms with van der Waals surface area (Å²) in [5.74, 6) is 0. The van der Waals surface area contributed by atoms with Crippen molar-refractivity contribution in [2.45, 2.75) is 13.5 Å². The first-order valence-electron chi connectivity index (χ1n) is 6.23. The number of rotatable bonds is 5. The van der Waals surface area contributed by atoms with Gasteiger partial charge in [-0.2, -0.15) is 0 Å². The highest BCUT2D eigenvalue weighted by Gasteiger charge is 2.06. The fraction of sp³-hybridized carbons (Fsp3) is 0.250. The fourth-order valence-corrected chi connectivity index (χ4v) is 1.97. The molecule has 93 valence electrons. The summed E-state index contributed by atoms with van der Waals surface area (Å²) >= 11 is 0. The second kappa shape index (κ2) is 6.22. The van der Waals surface area contributed by atoms with Gasteiger partial charge < -0.3 is 4.90 Å². The molecule has 0 aliphatic heterocycles. The minimum Gasteiger partial charge on any atom is -0.365 e. The van der Waals surface area contributed by atoms with Gasteiger partial charge in [-0.25, -0.2) is 5.11 Å². The minimum absolute atomic E-state index is 0.0826. The van der Waals surface area contributed by atoms with Crippen molar-refractivity contribution in [3.63, 3.8) is 0 Å². The molecule has 2 heteroatoms. The minimum atomic E-state index is -0.0826. The summed E-state index contributed by atoms with van der Waals surface area (Å²) < 4.78 is 0. The Labute approximate surface area is 109 Å². The zero-order valence-electron chi connectivity index (χ0n) is 10.7. The summed E-state index contributed by atoms with van der Waals surface area (Å²) in [4.78, 5) is 2.13. The van der Waals surface area contributed by atoms with Gasteiger partial charge in [-0.15, -0.1) is 0 Å². The fourth-order valence-electron chi connectivity index (χ4n) is 1.97. The van der Waals surface area contributed by atoms with E-state index in [1.165, 1.54) is 11.1 Å². The molecule has 0 aliphatic carbocycles. The average molecular weight is 240 g/mol. The molecule has 0 amide bonds. The Kier molecular flexibility index (Phi) is 4.37. The molecule has 0 unspecified atom stereocenters. The molecule has 2 rings (SSSR count). The summed E-state index contributed by atoms with van der Waals surface area (Å²) in [6, 6.07) is 18.6. The third-order valence-electron chi connectivity index (χ3n) is 2.98. The smallest absolute Gasteiger partial charge is 0.0997 e. The maximum absolute atomic E-state index is 10.9. The standard InChI is InChI=1S/C16H18NO/c1-14-7-9-16(10-8-14)17(11-12-18)13-15-5-3-2-4-6-15/h2-10H,11-13H2,1H3. The van der Waals surface area contributed by atoms with Crippen LogP contribution in [0.15, 0.2) is 54.6 Å². The summed E-state index contributed by atoms with van der Waals surface area (Å²) in [5, 5.41) is 10.9. The normalized spacial score (nSPS) is 10.3. The first kappa shape index (κ1) is 12.7. The second-order valence-corrected chi connectivity index (χ2v) is 4.45. The van der Waals surface area contributed by atoms with E-state index >= 15 is 0 Å². The summed E-state index contributed by atoms with van der Waals surface area (Å²) in [6.07, 6.45) is 0. The van der Waals surface area contributed by atoms with Gasteiger partial charge in [-0.3, -0.25) is 0 Å². The van der Waals surface area contributed by atoms with Crippen molar-refractivity contribution >= 4 is 5.69 Å². The zero-order valence-corrected chi connectivity index (χ0v) is 10.7. The monoisotopic (exact) mass is 240 g/mol. The molecule has 2 nitrogen and oxygen atoms in total. The Morgan fingerprint density at radius 3 is 2.22 bits per heavy atom. The van der Waals surface area contributed by atoms with Crippen LogP contribution in [0.1, 0.15) is 11.1 Å². The van der Waals surface area contributed by atoms with Gasteiger partial charge in [0, 0.05) is 18.8 Å². The van der Waals surface area contributed by atoms with Crippen LogP contribution >= 0.6 is 0 Å². The van der Waals surface area contributed by atoms with Crippen LogP contribution in [-0.2, 0) is 11.7 Å². The van der Waals surface area contributed by atoms with Crippen LogP contribution in [0.3, 0.4) is 0 Å². The SMILES string of the molecule is Cc1ccc(N(CC[O])Cc2ccccc2)cc1. The van der Waals surface area contributed by atoms with Gasteiger partial charge in [-0.1, -0.05) is 48.0 Å². The van der Waals surface area contributed by atoms with Crippen LogP contribution in [0.5, 0.6) is 0 Å². The Hall–Kier alpha value is -1.80. The molecule has 0 aliphatic rings. The molecule has 2 aromatic rings. The molecule has 18 heavy (non-hydrogen) atoms. The highest BCUT2D eigenvalue weighted by atomic mass is 16.3. The third kappa shape index (κ3) is 3.34. The van der Waals surface area contributed by atoms with E-state index < -0.39 is 0 Å². The number of aryl methyl sites for hydroxylation is 1. The van der Waals surface area contributed by atoms with E-state index in [0.717, 1.165) is 12.2 Å². The van der Waals surface area contributed by atoms with Crippen LogP contribution in [-0.4, -0.2) is 13.2 Å². The van der Waals surface area contributed by atoms with Crippen LogP contribution in [0.2, 0.25) is 0 Å². The third-order valence-corrected chi connectivity index (χ3v) is 2.98. The van der Waals surface area contributed by atoms with E-state index in [-0.39, 0.29) is 6.61 Å². The lowest BCUT2D eigenvalue weighted by Gasteiger charge is -2.24. The summed E-state index contributed by atoms with van der Waals surface area (Å²) in [7, 11) is 0. The Morgan fingerprint density at radius 1 is 0.944 bits per heavy atom. The molecule has 0 bridgehead atoms. The van der Waals surface area contributed by atoms with E-state index in [4.69, 9.17) is 0 Å². The molecule has 0 saturated carbocycles. The van der Waals surface area contributed by atoms with Crippen molar-refractivity contribution in [3.8, 4) is 0 Å². The Bertz CT molecular complexity index is 464. The number of hydrogen-bond acceptors (Lipinski definition) is 1. The van der Waals surface area contributed by atoms with Crippen molar-refractivity contribution in [1.82, 2.24) is 0 Å². The summed E-state index contributed by atoms with van der Waals surface area (Å²) in [5.41, 5.74) is 3.58. The van der Waals surface area contributed by atoms with Crippen molar-refractivity contribution in [2.24, 2.45) is 0 Å². The van der Waals surface area contributed by atoms with Gasteiger partial charge in [0.1, 0.15) is 0 Å². The number of nitrogens with zero attached hydrogens (tertiary/aromatic N) is 1. The van der Waals surface area contributed by atoms with Crippen molar-refractivity contribution < 1.29 is 5.11 Å². The molecule has 0 N–H and O–H groups in total. The van der Waals surface area contributed by atoms with Gasteiger partial charge in [0.25, 0.3) is 0 Å². The van der Waals surface area contributed by atoms with E-state index in [1.54, 1.807) is 0 Å². The van der Waals surface area contributed by atoms with Gasteiger partial charge in [0.05, 0.1) is 6.61 Å². The molecule has 2 aromatic carbocycles. The van der Waals surface area contributed by atoms with Crippen LogP contribution in [0, 0.1) is 6.92 Å².